The molecule has 0 N–H and O–H groups in total. The van der Waals surface area contributed by atoms with Gasteiger partial charge >= 0.3 is 0 Å². The average Bonchev–Trinajstić information content (AvgIpc) is 2.53. The molecule has 2 aromatic heterocycles. The van der Waals surface area contributed by atoms with E-state index in [2.05, 4.69) is 9.97 Å². The van der Waals surface area contributed by atoms with E-state index >= 15 is 0 Å². The fraction of sp³-hybridized carbons (Fsp3) is 0.0625. The summed E-state index contributed by atoms with van der Waals surface area (Å²) in [5, 5.41) is 1.82. The molecular weight excluding hydrogens is 252 g/mol. The zero-order valence-corrected chi connectivity index (χ0v) is 10.9. The van der Waals surface area contributed by atoms with Crippen LogP contribution in [0.5, 0.6) is 5.75 Å². The van der Waals surface area contributed by atoms with Crippen LogP contribution in [-0.4, -0.2) is 22.9 Å². The Morgan fingerprint density at radius 2 is 1.80 bits per heavy atom. The van der Waals surface area contributed by atoms with Crippen LogP contribution < -0.4 is 4.74 Å². The molecule has 0 amide bonds. The van der Waals surface area contributed by atoms with Crippen LogP contribution in [-0.2, 0) is 0 Å². The Kier molecular flexibility index (Phi) is 3.13. The van der Waals surface area contributed by atoms with Crippen LogP contribution in [0.15, 0.2) is 55.1 Å². The first-order chi connectivity index (χ1) is 9.81. The summed E-state index contributed by atoms with van der Waals surface area (Å²) in [4.78, 5) is 20.8. The van der Waals surface area contributed by atoms with Crippen molar-refractivity contribution < 1.29 is 9.53 Å². The molecule has 1 aromatic carbocycles. The van der Waals surface area contributed by atoms with Gasteiger partial charge in [-0.2, -0.15) is 0 Å². The molecule has 0 fully saturated rings. The number of ketones is 1. The van der Waals surface area contributed by atoms with E-state index in [9.17, 15) is 4.79 Å². The molecule has 0 saturated carbocycles. The highest BCUT2D eigenvalue weighted by atomic mass is 16.5. The van der Waals surface area contributed by atoms with Gasteiger partial charge in [-0.05, 0) is 17.5 Å². The van der Waals surface area contributed by atoms with Gasteiger partial charge in [0.1, 0.15) is 5.75 Å². The van der Waals surface area contributed by atoms with E-state index in [4.69, 9.17) is 4.74 Å². The molecule has 0 spiro atoms. The van der Waals surface area contributed by atoms with Crippen molar-refractivity contribution in [1.82, 2.24) is 9.97 Å². The molecule has 3 rings (SSSR count). The summed E-state index contributed by atoms with van der Waals surface area (Å²) < 4.78 is 5.20. The largest absolute Gasteiger partial charge is 0.494 e. The topological polar surface area (TPSA) is 52.1 Å². The molecule has 0 aliphatic carbocycles. The van der Waals surface area contributed by atoms with Crippen LogP contribution in [0, 0.1) is 0 Å². The lowest BCUT2D eigenvalue weighted by Crippen LogP contribution is -2.05. The maximum atomic E-state index is 12.7. The molecule has 0 saturated heterocycles. The number of methoxy groups -OCH3 is 1. The molecule has 0 aliphatic heterocycles. The Morgan fingerprint density at radius 3 is 2.65 bits per heavy atom. The lowest BCUT2D eigenvalue weighted by Gasteiger charge is -2.08. The number of pyridine rings is 2. The molecule has 4 heteroatoms. The third-order valence-corrected chi connectivity index (χ3v) is 3.17. The second-order valence-corrected chi connectivity index (χ2v) is 4.31. The van der Waals surface area contributed by atoms with Crippen molar-refractivity contribution in [2.24, 2.45) is 0 Å². The normalized spacial score (nSPS) is 10.4. The van der Waals surface area contributed by atoms with Gasteiger partial charge in [0, 0.05) is 29.5 Å². The Hall–Kier alpha value is -2.75. The monoisotopic (exact) mass is 264 g/mol. The summed E-state index contributed by atoms with van der Waals surface area (Å²) in [5.41, 5.74) is 1.14. The SMILES string of the molecule is COc1cnccc1C(=O)c1cccc2cnccc12. The van der Waals surface area contributed by atoms with Gasteiger partial charge in [0.2, 0.25) is 0 Å². The van der Waals surface area contributed by atoms with Gasteiger partial charge in [-0.3, -0.25) is 14.8 Å². The molecule has 0 unspecified atom stereocenters. The van der Waals surface area contributed by atoms with E-state index in [0.717, 1.165) is 10.8 Å². The summed E-state index contributed by atoms with van der Waals surface area (Å²) in [7, 11) is 1.53. The zero-order valence-electron chi connectivity index (χ0n) is 10.9. The summed E-state index contributed by atoms with van der Waals surface area (Å²) in [6.07, 6.45) is 6.56. The summed E-state index contributed by atoms with van der Waals surface area (Å²) in [6.45, 7) is 0. The predicted molar refractivity (Wildman–Crippen MR) is 76.0 cm³/mol. The van der Waals surface area contributed by atoms with Crippen LogP contribution in [0.3, 0.4) is 0 Å². The lowest BCUT2D eigenvalue weighted by molar-refractivity contribution is 0.103. The van der Waals surface area contributed by atoms with E-state index in [-0.39, 0.29) is 5.78 Å². The fourth-order valence-electron chi connectivity index (χ4n) is 2.20. The van der Waals surface area contributed by atoms with Crippen molar-refractivity contribution in [1.29, 1.82) is 0 Å². The molecule has 20 heavy (non-hydrogen) atoms. The van der Waals surface area contributed by atoms with E-state index in [0.29, 0.717) is 16.9 Å². The number of ether oxygens (including phenoxy) is 1. The van der Waals surface area contributed by atoms with Gasteiger partial charge in [0.15, 0.2) is 5.78 Å². The quantitative estimate of drug-likeness (QED) is 0.682. The van der Waals surface area contributed by atoms with Crippen LogP contribution >= 0.6 is 0 Å². The van der Waals surface area contributed by atoms with Crippen molar-refractivity contribution in [3.8, 4) is 5.75 Å². The number of nitrogens with zero attached hydrogens (tertiary/aromatic N) is 2. The number of carbonyl (C=O) groups excluding carboxylic acids is 1. The van der Waals surface area contributed by atoms with Gasteiger partial charge in [-0.1, -0.05) is 18.2 Å². The highest BCUT2D eigenvalue weighted by Gasteiger charge is 2.16. The van der Waals surface area contributed by atoms with Gasteiger partial charge in [-0.25, -0.2) is 0 Å². The Morgan fingerprint density at radius 1 is 1.00 bits per heavy atom. The molecule has 3 aromatic rings. The smallest absolute Gasteiger partial charge is 0.197 e. The Labute approximate surface area is 116 Å². The maximum Gasteiger partial charge on any atom is 0.197 e. The van der Waals surface area contributed by atoms with Crippen LogP contribution in [0.1, 0.15) is 15.9 Å². The first kappa shape index (κ1) is 12.3. The summed E-state index contributed by atoms with van der Waals surface area (Å²) in [6, 6.07) is 9.11. The minimum atomic E-state index is -0.0824. The molecule has 4 nitrogen and oxygen atoms in total. The van der Waals surface area contributed by atoms with Gasteiger partial charge < -0.3 is 4.74 Å². The minimum absolute atomic E-state index is 0.0824. The third-order valence-electron chi connectivity index (χ3n) is 3.17. The van der Waals surface area contributed by atoms with E-state index < -0.39 is 0 Å². The van der Waals surface area contributed by atoms with E-state index in [1.165, 1.54) is 7.11 Å². The van der Waals surface area contributed by atoms with Crippen LogP contribution in [0.25, 0.3) is 10.8 Å². The second-order valence-electron chi connectivity index (χ2n) is 4.31. The molecule has 0 radical (unpaired) electrons. The molecule has 0 bridgehead atoms. The first-order valence-corrected chi connectivity index (χ1v) is 6.16. The number of hydrogen-bond donors (Lipinski definition) is 0. The minimum Gasteiger partial charge on any atom is -0.494 e. The molecule has 2 heterocycles. The van der Waals surface area contributed by atoms with Crippen molar-refractivity contribution in [3.05, 3.63) is 66.2 Å². The number of carbonyl (C=O) groups is 1. The number of fused-ring (bicyclic) bond motifs is 1. The Balaban J connectivity index is 2.18. The second kappa shape index (κ2) is 5.09. The van der Waals surface area contributed by atoms with E-state index in [1.807, 2.05) is 24.3 Å². The van der Waals surface area contributed by atoms with Crippen molar-refractivity contribution in [3.63, 3.8) is 0 Å². The summed E-state index contributed by atoms with van der Waals surface area (Å²) in [5.74, 6) is 0.393. The average molecular weight is 264 g/mol. The van der Waals surface area contributed by atoms with Gasteiger partial charge in [-0.15, -0.1) is 0 Å². The first-order valence-electron chi connectivity index (χ1n) is 6.16. The lowest BCUT2D eigenvalue weighted by atomic mass is 9.98. The van der Waals surface area contributed by atoms with Gasteiger partial charge in [0.05, 0.1) is 18.9 Å². The number of hydrogen-bond acceptors (Lipinski definition) is 4. The standard InChI is InChI=1S/C16H12N2O2/c1-20-15-10-18-8-6-14(15)16(19)13-4-2-3-11-9-17-7-5-12(11)13/h2-10H,1H3. The molecule has 98 valence electrons. The van der Waals surface area contributed by atoms with Crippen LogP contribution in [0.4, 0.5) is 0 Å². The molecule has 0 aliphatic rings. The predicted octanol–water partition coefficient (Wildman–Crippen LogP) is 2.87. The Bertz CT molecular complexity index is 779. The summed E-state index contributed by atoms with van der Waals surface area (Å²) >= 11 is 0. The molecular formula is C16H12N2O2. The zero-order chi connectivity index (χ0) is 13.9. The maximum absolute atomic E-state index is 12.7. The van der Waals surface area contributed by atoms with Gasteiger partial charge in [0.25, 0.3) is 0 Å². The van der Waals surface area contributed by atoms with E-state index in [1.54, 1.807) is 30.9 Å². The number of benzene rings is 1. The van der Waals surface area contributed by atoms with Crippen molar-refractivity contribution >= 4 is 16.6 Å². The van der Waals surface area contributed by atoms with Crippen molar-refractivity contribution in [2.45, 2.75) is 0 Å². The van der Waals surface area contributed by atoms with Crippen molar-refractivity contribution in [2.75, 3.05) is 7.11 Å². The number of rotatable bonds is 3. The fourth-order valence-corrected chi connectivity index (χ4v) is 2.20. The van der Waals surface area contributed by atoms with Crippen LogP contribution in [0.2, 0.25) is 0 Å². The molecule has 0 atom stereocenters. The highest BCUT2D eigenvalue weighted by molar-refractivity contribution is 6.17. The third kappa shape index (κ3) is 2.01. The number of aromatic nitrogens is 2. The highest BCUT2D eigenvalue weighted by Crippen LogP contribution is 2.24.